The quantitative estimate of drug-likeness (QED) is 0.504. The molecule has 0 spiro atoms. The fourth-order valence-electron chi connectivity index (χ4n) is 3.60. The molecule has 34 heavy (non-hydrogen) atoms. The van der Waals surface area contributed by atoms with Crippen LogP contribution in [0.1, 0.15) is 22.3 Å². The molecule has 0 unspecified atom stereocenters. The van der Waals surface area contributed by atoms with Crippen LogP contribution in [-0.4, -0.2) is 48.0 Å². The number of anilines is 1. The summed E-state index contributed by atoms with van der Waals surface area (Å²) in [6, 6.07) is 22.4. The van der Waals surface area contributed by atoms with Crippen LogP contribution in [0.2, 0.25) is 0 Å². The predicted octanol–water partition coefficient (Wildman–Crippen LogP) is 3.18. The van der Waals surface area contributed by atoms with Gasteiger partial charge in [0.1, 0.15) is 0 Å². The van der Waals surface area contributed by atoms with Crippen LogP contribution in [0.5, 0.6) is 0 Å². The Bertz CT molecular complexity index is 1100. The highest BCUT2D eigenvalue weighted by Crippen LogP contribution is 2.31. The Balaban J connectivity index is 1.65. The Morgan fingerprint density at radius 1 is 0.853 bits per heavy atom. The Kier molecular flexibility index (Phi) is 7.81. The lowest BCUT2D eigenvalue weighted by molar-refractivity contribution is -0.166. The molecule has 0 saturated carbocycles. The van der Waals surface area contributed by atoms with Crippen molar-refractivity contribution in [3.63, 3.8) is 0 Å². The van der Waals surface area contributed by atoms with Gasteiger partial charge in [0.2, 0.25) is 11.5 Å². The Morgan fingerprint density at radius 3 is 1.85 bits per heavy atom. The number of likely N-dealkylation sites (N-methyl/N-ethyl adjacent to an activating group) is 1. The SMILES string of the molecule is Cc1cccc(C)c1NC(=O)CN(C)C(=O)COC(=O)C(O)(c1ccccc1)c1ccccc1. The number of amides is 2. The summed E-state index contributed by atoms with van der Waals surface area (Å²) in [5.41, 5.74) is 1.09. The van der Waals surface area contributed by atoms with E-state index in [1.165, 1.54) is 11.9 Å². The molecular formula is C27H28N2O5. The van der Waals surface area contributed by atoms with Gasteiger partial charge in [-0.1, -0.05) is 78.9 Å². The van der Waals surface area contributed by atoms with Crippen molar-refractivity contribution in [2.75, 3.05) is 25.5 Å². The first kappa shape index (κ1) is 24.7. The van der Waals surface area contributed by atoms with Crippen LogP contribution in [0, 0.1) is 13.8 Å². The van der Waals surface area contributed by atoms with Gasteiger partial charge in [-0.15, -0.1) is 0 Å². The van der Waals surface area contributed by atoms with Crippen LogP contribution < -0.4 is 5.32 Å². The second-order valence-corrected chi connectivity index (χ2v) is 8.08. The fraction of sp³-hybridized carbons (Fsp3) is 0.222. The number of carbonyl (C=O) groups is 3. The average molecular weight is 461 g/mol. The Hall–Kier alpha value is -3.97. The standard InChI is InChI=1S/C27H28N2O5/c1-19-11-10-12-20(2)25(19)28-23(30)17-29(3)24(31)18-34-26(32)27(33,21-13-6-4-7-14-21)22-15-8-5-9-16-22/h4-16,33H,17-18H2,1-3H3,(H,28,30). The van der Waals surface area contributed by atoms with Crippen LogP contribution in [0.25, 0.3) is 0 Å². The van der Waals surface area contributed by atoms with E-state index in [-0.39, 0.29) is 12.5 Å². The molecule has 2 N–H and O–H groups in total. The largest absolute Gasteiger partial charge is 0.453 e. The van der Waals surface area contributed by atoms with Gasteiger partial charge in [0.15, 0.2) is 6.61 Å². The van der Waals surface area contributed by atoms with E-state index in [1.54, 1.807) is 60.7 Å². The molecule has 0 heterocycles. The number of nitrogens with one attached hydrogen (secondary N) is 1. The molecule has 0 aliphatic carbocycles. The molecule has 3 aromatic carbocycles. The number of esters is 1. The van der Waals surface area contributed by atoms with Gasteiger partial charge in [-0.3, -0.25) is 9.59 Å². The molecule has 176 valence electrons. The summed E-state index contributed by atoms with van der Waals surface area (Å²) < 4.78 is 5.23. The highest BCUT2D eigenvalue weighted by Gasteiger charge is 2.42. The molecule has 0 aromatic heterocycles. The minimum absolute atomic E-state index is 0.216. The predicted molar refractivity (Wildman–Crippen MR) is 129 cm³/mol. The third-order valence-corrected chi connectivity index (χ3v) is 5.56. The topological polar surface area (TPSA) is 95.9 Å². The number of para-hydroxylation sites is 1. The molecule has 0 aliphatic heterocycles. The molecule has 0 atom stereocenters. The molecule has 0 saturated heterocycles. The van der Waals surface area contributed by atoms with Crippen LogP contribution in [-0.2, 0) is 24.7 Å². The van der Waals surface area contributed by atoms with E-state index < -0.39 is 24.1 Å². The van der Waals surface area contributed by atoms with Crippen molar-refractivity contribution in [2.45, 2.75) is 19.4 Å². The van der Waals surface area contributed by atoms with E-state index in [0.29, 0.717) is 16.8 Å². The third-order valence-electron chi connectivity index (χ3n) is 5.56. The van der Waals surface area contributed by atoms with Crippen molar-refractivity contribution >= 4 is 23.5 Å². The summed E-state index contributed by atoms with van der Waals surface area (Å²) in [5, 5.41) is 14.2. The van der Waals surface area contributed by atoms with E-state index in [2.05, 4.69) is 5.32 Å². The van der Waals surface area contributed by atoms with Gasteiger partial charge in [0.05, 0.1) is 6.54 Å². The summed E-state index contributed by atoms with van der Waals surface area (Å²) >= 11 is 0. The fourth-order valence-corrected chi connectivity index (χ4v) is 3.60. The lowest BCUT2D eigenvalue weighted by Crippen LogP contribution is -2.42. The molecule has 0 radical (unpaired) electrons. The van der Waals surface area contributed by atoms with Gasteiger partial charge in [-0.25, -0.2) is 4.79 Å². The van der Waals surface area contributed by atoms with E-state index in [4.69, 9.17) is 4.74 Å². The van der Waals surface area contributed by atoms with Gasteiger partial charge in [0.25, 0.3) is 5.91 Å². The zero-order valence-electron chi connectivity index (χ0n) is 19.4. The number of hydrogen-bond acceptors (Lipinski definition) is 5. The van der Waals surface area contributed by atoms with E-state index in [9.17, 15) is 19.5 Å². The van der Waals surface area contributed by atoms with Crippen LogP contribution in [0.4, 0.5) is 5.69 Å². The first-order chi connectivity index (χ1) is 16.2. The van der Waals surface area contributed by atoms with Gasteiger partial charge >= 0.3 is 5.97 Å². The molecule has 0 aliphatic rings. The smallest absolute Gasteiger partial charge is 0.348 e. The van der Waals surface area contributed by atoms with Crippen LogP contribution in [0.15, 0.2) is 78.9 Å². The number of carbonyl (C=O) groups excluding carboxylic acids is 3. The first-order valence-electron chi connectivity index (χ1n) is 10.8. The summed E-state index contributed by atoms with van der Waals surface area (Å²) in [5.74, 6) is -1.93. The van der Waals surface area contributed by atoms with Crippen molar-refractivity contribution in [3.8, 4) is 0 Å². The van der Waals surface area contributed by atoms with Gasteiger partial charge < -0.3 is 20.1 Å². The maximum Gasteiger partial charge on any atom is 0.348 e. The third kappa shape index (κ3) is 5.50. The Labute approximate surface area is 199 Å². The highest BCUT2D eigenvalue weighted by molar-refractivity contribution is 5.96. The second kappa shape index (κ2) is 10.8. The zero-order valence-corrected chi connectivity index (χ0v) is 19.4. The van der Waals surface area contributed by atoms with Crippen LogP contribution in [0.3, 0.4) is 0 Å². The number of ether oxygens (including phenoxy) is 1. The molecule has 7 nitrogen and oxygen atoms in total. The van der Waals surface area contributed by atoms with Gasteiger partial charge in [-0.05, 0) is 36.1 Å². The second-order valence-electron chi connectivity index (χ2n) is 8.08. The minimum Gasteiger partial charge on any atom is -0.453 e. The monoisotopic (exact) mass is 460 g/mol. The first-order valence-corrected chi connectivity index (χ1v) is 10.8. The van der Waals surface area contributed by atoms with Gasteiger partial charge in [-0.2, -0.15) is 0 Å². The molecule has 3 rings (SSSR count). The molecule has 7 heteroatoms. The number of rotatable bonds is 8. The number of aryl methyl sites for hydroxylation is 2. The van der Waals surface area contributed by atoms with E-state index >= 15 is 0 Å². The molecule has 0 bridgehead atoms. The lowest BCUT2D eigenvalue weighted by atomic mass is 9.86. The summed E-state index contributed by atoms with van der Waals surface area (Å²) in [6.07, 6.45) is 0. The molecule has 0 fully saturated rings. The number of hydrogen-bond donors (Lipinski definition) is 2. The molecule has 3 aromatic rings. The molecular weight excluding hydrogens is 432 g/mol. The normalized spacial score (nSPS) is 10.9. The highest BCUT2D eigenvalue weighted by atomic mass is 16.6. The number of aliphatic hydroxyl groups is 1. The van der Waals surface area contributed by atoms with Crippen molar-refractivity contribution in [1.82, 2.24) is 4.90 Å². The summed E-state index contributed by atoms with van der Waals surface area (Å²) in [6.45, 7) is 2.94. The summed E-state index contributed by atoms with van der Waals surface area (Å²) in [7, 11) is 1.45. The van der Waals surface area contributed by atoms with Crippen molar-refractivity contribution in [2.24, 2.45) is 0 Å². The minimum atomic E-state index is -2.08. The van der Waals surface area contributed by atoms with Crippen molar-refractivity contribution < 1.29 is 24.2 Å². The van der Waals surface area contributed by atoms with Gasteiger partial charge in [0, 0.05) is 12.7 Å². The van der Waals surface area contributed by atoms with E-state index in [0.717, 1.165) is 11.1 Å². The maximum absolute atomic E-state index is 13.0. The number of nitrogens with zero attached hydrogens (tertiary/aromatic N) is 1. The van der Waals surface area contributed by atoms with Crippen molar-refractivity contribution in [1.29, 1.82) is 0 Å². The Morgan fingerprint density at radius 2 is 1.35 bits per heavy atom. The van der Waals surface area contributed by atoms with Crippen molar-refractivity contribution in [3.05, 3.63) is 101 Å². The van der Waals surface area contributed by atoms with Crippen LogP contribution >= 0.6 is 0 Å². The van der Waals surface area contributed by atoms with E-state index in [1.807, 2.05) is 32.0 Å². The number of benzene rings is 3. The average Bonchev–Trinajstić information content (AvgIpc) is 2.85. The summed E-state index contributed by atoms with van der Waals surface area (Å²) in [4.78, 5) is 39.2. The maximum atomic E-state index is 13.0. The zero-order chi connectivity index (χ0) is 24.7. The lowest BCUT2D eigenvalue weighted by Gasteiger charge is -2.27. The molecule has 2 amide bonds.